The second-order valence-corrected chi connectivity index (χ2v) is 10.1. The molecule has 1 heterocycles. The zero-order valence-corrected chi connectivity index (χ0v) is 18.3. The van der Waals surface area contributed by atoms with Crippen LogP contribution in [-0.2, 0) is 4.79 Å². The highest BCUT2D eigenvalue weighted by Gasteiger charge is 2.48. The molecule has 1 aliphatic heterocycles. The number of rotatable bonds is 5. The molecule has 1 amide bonds. The van der Waals surface area contributed by atoms with E-state index in [1.54, 1.807) is 0 Å². The van der Waals surface area contributed by atoms with Crippen molar-refractivity contribution in [3.8, 4) is 0 Å². The Morgan fingerprint density at radius 3 is 2.21 bits per heavy atom. The molecule has 5 aliphatic rings. The van der Waals surface area contributed by atoms with Crippen molar-refractivity contribution in [1.82, 2.24) is 10.2 Å². The summed E-state index contributed by atoms with van der Waals surface area (Å²) in [5, 5.41) is 3.36. The van der Waals surface area contributed by atoms with Crippen LogP contribution in [0.25, 0.3) is 0 Å². The first-order valence-electron chi connectivity index (χ1n) is 11.5. The molecule has 1 aromatic carbocycles. The van der Waals surface area contributed by atoms with Crippen LogP contribution in [0.15, 0.2) is 30.3 Å². The number of carbonyl (C=O) groups is 1. The number of piperazine rings is 1. The fraction of sp³-hybridized carbons (Fsp3) is 0.708. The zero-order chi connectivity index (χ0) is 19.0. The van der Waals surface area contributed by atoms with Crippen molar-refractivity contribution in [2.45, 2.75) is 44.9 Å². The summed E-state index contributed by atoms with van der Waals surface area (Å²) < 4.78 is 0. The standard InChI is InChI=1S/C24H35N3O.ClH/c28-23(17-26-8-10-27(11-9-26)22-4-2-1-3-5-22)25-18-24-14-19-6-7-20(15-24)13-21(12-19)16-24;/h1-5,19-21H,6-18H2,(H,25,28);1H. The molecule has 1 aromatic rings. The zero-order valence-electron chi connectivity index (χ0n) is 17.5. The Morgan fingerprint density at radius 2 is 1.55 bits per heavy atom. The van der Waals surface area contributed by atoms with Gasteiger partial charge in [0.2, 0.25) is 5.91 Å². The maximum absolute atomic E-state index is 12.7. The minimum absolute atomic E-state index is 0. The van der Waals surface area contributed by atoms with Crippen LogP contribution in [0.5, 0.6) is 0 Å². The van der Waals surface area contributed by atoms with E-state index >= 15 is 0 Å². The van der Waals surface area contributed by atoms with Gasteiger partial charge in [-0.05, 0) is 67.4 Å². The Labute approximate surface area is 181 Å². The molecule has 1 N–H and O–H groups in total. The molecule has 4 aliphatic carbocycles. The van der Waals surface area contributed by atoms with Crippen molar-refractivity contribution in [3.05, 3.63) is 30.3 Å². The van der Waals surface area contributed by atoms with E-state index in [1.807, 2.05) is 0 Å². The molecule has 0 radical (unpaired) electrons. The van der Waals surface area contributed by atoms with E-state index in [0.29, 0.717) is 12.0 Å². The van der Waals surface area contributed by atoms with Gasteiger partial charge in [0.25, 0.3) is 0 Å². The molecule has 0 aromatic heterocycles. The van der Waals surface area contributed by atoms with Gasteiger partial charge in [0.15, 0.2) is 0 Å². The quantitative estimate of drug-likeness (QED) is 0.787. The van der Waals surface area contributed by atoms with Crippen LogP contribution < -0.4 is 10.2 Å². The van der Waals surface area contributed by atoms with Gasteiger partial charge in [0.05, 0.1) is 6.54 Å². The molecule has 2 unspecified atom stereocenters. The number of benzene rings is 1. The molecule has 160 valence electrons. The van der Waals surface area contributed by atoms with Gasteiger partial charge in [-0.1, -0.05) is 31.0 Å². The molecule has 4 bridgehead atoms. The molecule has 1 saturated heterocycles. The average molecular weight is 418 g/mol. The van der Waals surface area contributed by atoms with E-state index in [4.69, 9.17) is 0 Å². The Balaban J connectivity index is 0.00000205. The predicted molar refractivity (Wildman–Crippen MR) is 121 cm³/mol. The van der Waals surface area contributed by atoms with E-state index in [1.165, 1.54) is 50.6 Å². The minimum atomic E-state index is 0. The first-order valence-corrected chi connectivity index (χ1v) is 11.5. The average Bonchev–Trinajstić information content (AvgIpc) is 2.93. The Bertz CT molecular complexity index is 673. The number of nitrogens with zero attached hydrogens (tertiary/aromatic N) is 2. The summed E-state index contributed by atoms with van der Waals surface area (Å²) in [5.41, 5.74) is 1.72. The molecular weight excluding hydrogens is 382 g/mol. The van der Waals surface area contributed by atoms with Gasteiger partial charge in [0, 0.05) is 38.4 Å². The summed E-state index contributed by atoms with van der Waals surface area (Å²) in [5.74, 6) is 3.06. The van der Waals surface area contributed by atoms with Crippen molar-refractivity contribution in [2.75, 3.05) is 44.2 Å². The lowest BCUT2D eigenvalue weighted by Crippen LogP contribution is -2.51. The van der Waals surface area contributed by atoms with Gasteiger partial charge in [-0.3, -0.25) is 9.69 Å². The van der Waals surface area contributed by atoms with Crippen LogP contribution in [-0.4, -0.2) is 50.1 Å². The number of hydrogen-bond acceptors (Lipinski definition) is 3. The van der Waals surface area contributed by atoms with Crippen LogP contribution in [0.2, 0.25) is 0 Å². The number of carbonyl (C=O) groups excluding carboxylic acids is 1. The van der Waals surface area contributed by atoms with E-state index in [0.717, 1.165) is 50.5 Å². The molecule has 4 nitrogen and oxygen atoms in total. The van der Waals surface area contributed by atoms with Gasteiger partial charge < -0.3 is 10.2 Å². The van der Waals surface area contributed by atoms with Gasteiger partial charge >= 0.3 is 0 Å². The topological polar surface area (TPSA) is 35.6 Å². The second-order valence-electron chi connectivity index (χ2n) is 10.1. The third kappa shape index (κ3) is 4.74. The van der Waals surface area contributed by atoms with Gasteiger partial charge in [0.1, 0.15) is 0 Å². The summed E-state index contributed by atoms with van der Waals surface area (Å²) in [6, 6.07) is 10.6. The van der Waals surface area contributed by atoms with Crippen LogP contribution in [0, 0.1) is 23.2 Å². The largest absolute Gasteiger partial charge is 0.369 e. The molecule has 4 saturated carbocycles. The molecule has 5 heteroatoms. The summed E-state index contributed by atoms with van der Waals surface area (Å²) in [6.45, 7) is 5.45. The SMILES string of the molecule is Cl.O=C(CN1CCN(c2ccccc2)CC1)NCC12CC3CCC(CC(C3)C1)C2. The highest BCUT2D eigenvalue weighted by molar-refractivity contribution is 5.85. The smallest absolute Gasteiger partial charge is 0.234 e. The van der Waals surface area contributed by atoms with E-state index in [2.05, 4.69) is 45.4 Å². The number of amides is 1. The lowest BCUT2D eigenvalue weighted by atomic mass is 9.58. The second kappa shape index (κ2) is 8.85. The first-order chi connectivity index (χ1) is 13.7. The van der Waals surface area contributed by atoms with Crippen molar-refractivity contribution in [3.63, 3.8) is 0 Å². The maximum Gasteiger partial charge on any atom is 0.234 e. The first kappa shape index (κ1) is 21.0. The normalized spacial score (nSPS) is 33.8. The number of para-hydroxylation sites is 1. The minimum Gasteiger partial charge on any atom is -0.369 e. The predicted octanol–water partition coefficient (Wildman–Crippen LogP) is 3.95. The summed E-state index contributed by atoms with van der Waals surface area (Å²) in [7, 11) is 0. The monoisotopic (exact) mass is 417 g/mol. The third-order valence-corrected chi connectivity index (χ3v) is 8.00. The Morgan fingerprint density at radius 1 is 0.931 bits per heavy atom. The van der Waals surface area contributed by atoms with Gasteiger partial charge in [-0.2, -0.15) is 0 Å². The lowest BCUT2D eigenvalue weighted by Gasteiger charge is -2.48. The number of fused-ring (bicyclic) bond motifs is 1. The molecular formula is C24H36ClN3O. The number of anilines is 1. The third-order valence-electron chi connectivity index (χ3n) is 8.00. The van der Waals surface area contributed by atoms with E-state index in [9.17, 15) is 4.79 Å². The molecule has 29 heavy (non-hydrogen) atoms. The van der Waals surface area contributed by atoms with Crippen LogP contribution in [0.4, 0.5) is 5.69 Å². The number of hydrogen-bond donors (Lipinski definition) is 1. The van der Waals surface area contributed by atoms with E-state index < -0.39 is 0 Å². The molecule has 5 fully saturated rings. The summed E-state index contributed by atoms with van der Waals surface area (Å²) >= 11 is 0. The highest BCUT2D eigenvalue weighted by atomic mass is 35.5. The van der Waals surface area contributed by atoms with Crippen molar-refractivity contribution < 1.29 is 4.79 Å². The molecule has 2 atom stereocenters. The van der Waals surface area contributed by atoms with Crippen LogP contribution in [0.1, 0.15) is 44.9 Å². The summed E-state index contributed by atoms with van der Waals surface area (Å²) in [4.78, 5) is 17.4. The van der Waals surface area contributed by atoms with Crippen molar-refractivity contribution >= 4 is 24.0 Å². The number of nitrogens with one attached hydrogen (secondary N) is 1. The maximum atomic E-state index is 12.7. The Kier molecular flexibility index (Phi) is 6.41. The van der Waals surface area contributed by atoms with Crippen molar-refractivity contribution in [2.24, 2.45) is 23.2 Å². The summed E-state index contributed by atoms with van der Waals surface area (Å²) in [6.07, 6.45) is 9.95. The van der Waals surface area contributed by atoms with Crippen LogP contribution in [0.3, 0.4) is 0 Å². The fourth-order valence-electron chi connectivity index (χ4n) is 6.94. The lowest BCUT2D eigenvalue weighted by molar-refractivity contribution is -0.123. The van der Waals surface area contributed by atoms with Crippen LogP contribution >= 0.6 is 12.4 Å². The van der Waals surface area contributed by atoms with Gasteiger partial charge in [-0.15, -0.1) is 12.4 Å². The highest BCUT2D eigenvalue weighted by Crippen LogP contribution is 2.57. The molecule has 6 rings (SSSR count). The van der Waals surface area contributed by atoms with Crippen molar-refractivity contribution in [1.29, 1.82) is 0 Å². The van der Waals surface area contributed by atoms with Gasteiger partial charge in [-0.25, -0.2) is 0 Å². The van der Waals surface area contributed by atoms with E-state index in [-0.39, 0.29) is 18.3 Å². The fourth-order valence-corrected chi connectivity index (χ4v) is 6.94. The number of halogens is 1. The Hall–Kier alpha value is -1.26. The molecule has 0 spiro atoms.